The summed E-state index contributed by atoms with van der Waals surface area (Å²) in [5.74, 6) is 0. The molecule has 0 heterocycles. The van der Waals surface area contributed by atoms with E-state index >= 15 is 0 Å². The van der Waals surface area contributed by atoms with Crippen LogP contribution in [0.5, 0.6) is 0 Å². The largest absolute Gasteiger partial charge is 0.389 e. The van der Waals surface area contributed by atoms with Crippen LogP contribution in [0.4, 0.5) is 0 Å². The van der Waals surface area contributed by atoms with Crippen molar-refractivity contribution in [2.75, 3.05) is 6.54 Å². The summed E-state index contributed by atoms with van der Waals surface area (Å²) in [4.78, 5) is 0. The SMILES string of the molecule is Cc1ccc(/C=C/S(=O)(=O)NCC2(O)CCC2)cc1. The van der Waals surface area contributed by atoms with Crippen LogP contribution >= 0.6 is 0 Å². The van der Waals surface area contributed by atoms with Gasteiger partial charge in [-0.1, -0.05) is 29.8 Å². The second-order valence-corrected chi connectivity index (χ2v) is 6.81. The third-order valence-electron chi connectivity index (χ3n) is 3.40. The Morgan fingerprint density at radius 2 is 1.95 bits per heavy atom. The maximum Gasteiger partial charge on any atom is 0.233 e. The van der Waals surface area contributed by atoms with Crippen LogP contribution in [0, 0.1) is 6.92 Å². The van der Waals surface area contributed by atoms with E-state index in [0.29, 0.717) is 12.8 Å². The second-order valence-electron chi connectivity index (χ2n) is 5.16. The molecule has 4 nitrogen and oxygen atoms in total. The Morgan fingerprint density at radius 1 is 1.32 bits per heavy atom. The molecule has 1 aromatic carbocycles. The van der Waals surface area contributed by atoms with E-state index in [1.165, 1.54) is 0 Å². The lowest BCUT2D eigenvalue weighted by atomic mass is 9.81. The Labute approximate surface area is 114 Å². The van der Waals surface area contributed by atoms with Crippen molar-refractivity contribution in [2.45, 2.75) is 31.8 Å². The second kappa shape index (κ2) is 5.45. The van der Waals surface area contributed by atoms with Crippen LogP contribution in [0.15, 0.2) is 29.7 Å². The molecule has 1 aliphatic rings. The van der Waals surface area contributed by atoms with E-state index in [1.54, 1.807) is 6.08 Å². The Morgan fingerprint density at radius 3 is 2.47 bits per heavy atom. The molecule has 0 saturated heterocycles. The van der Waals surface area contributed by atoms with Gasteiger partial charge in [-0.2, -0.15) is 0 Å². The number of benzene rings is 1. The van der Waals surface area contributed by atoms with E-state index in [2.05, 4.69) is 4.72 Å². The zero-order chi connectivity index (χ0) is 13.9. The molecular weight excluding hydrogens is 262 g/mol. The molecule has 0 unspecified atom stereocenters. The van der Waals surface area contributed by atoms with Crippen molar-refractivity contribution >= 4 is 16.1 Å². The van der Waals surface area contributed by atoms with E-state index in [0.717, 1.165) is 23.0 Å². The number of hydrogen-bond acceptors (Lipinski definition) is 3. The topological polar surface area (TPSA) is 66.4 Å². The molecule has 19 heavy (non-hydrogen) atoms. The van der Waals surface area contributed by atoms with E-state index in [9.17, 15) is 13.5 Å². The molecule has 1 aromatic rings. The minimum atomic E-state index is -3.49. The molecule has 1 aliphatic carbocycles. The minimum absolute atomic E-state index is 0.0908. The van der Waals surface area contributed by atoms with Gasteiger partial charge in [-0.05, 0) is 37.8 Å². The van der Waals surface area contributed by atoms with Gasteiger partial charge in [0.1, 0.15) is 0 Å². The Hall–Kier alpha value is -1.17. The minimum Gasteiger partial charge on any atom is -0.389 e. The highest BCUT2D eigenvalue weighted by atomic mass is 32.2. The highest BCUT2D eigenvalue weighted by molar-refractivity contribution is 7.92. The smallest absolute Gasteiger partial charge is 0.233 e. The first-order chi connectivity index (χ1) is 8.89. The van der Waals surface area contributed by atoms with Crippen LogP contribution < -0.4 is 4.72 Å². The first-order valence-corrected chi connectivity index (χ1v) is 7.90. The number of hydrogen-bond donors (Lipinski definition) is 2. The maximum atomic E-state index is 11.7. The standard InChI is InChI=1S/C14H19NO3S/c1-12-3-5-13(6-4-12)7-10-19(17,18)15-11-14(16)8-2-9-14/h3-7,10,15-16H,2,8-9,11H2,1H3/b10-7+. The zero-order valence-electron chi connectivity index (χ0n) is 11.0. The van der Waals surface area contributed by atoms with Crippen LogP contribution in [-0.4, -0.2) is 25.7 Å². The lowest BCUT2D eigenvalue weighted by Crippen LogP contribution is -2.47. The van der Waals surface area contributed by atoms with Crippen molar-refractivity contribution in [1.82, 2.24) is 4.72 Å². The Kier molecular flexibility index (Phi) is 4.08. The molecule has 0 radical (unpaired) electrons. The summed E-state index contributed by atoms with van der Waals surface area (Å²) in [6.07, 6.45) is 3.83. The van der Waals surface area contributed by atoms with Crippen LogP contribution in [0.3, 0.4) is 0 Å². The summed E-state index contributed by atoms with van der Waals surface area (Å²) in [5, 5.41) is 11.0. The number of aryl methyl sites for hydroxylation is 1. The average Bonchev–Trinajstić information content (AvgIpc) is 2.34. The summed E-state index contributed by atoms with van der Waals surface area (Å²) >= 11 is 0. The molecule has 2 rings (SSSR count). The van der Waals surface area contributed by atoms with Gasteiger partial charge in [-0.25, -0.2) is 13.1 Å². The lowest BCUT2D eigenvalue weighted by molar-refractivity contribution is -0.0270. The van der Waals surface area contributed by atoms with Gasteiger partial charge in [-0.3, -0.25) is 0 Å². The first kappa shape index (κ1) is 14.2. The van der Waals surface area contributed by atoms with Crippen molar-refractivity contribution < 1.29 is 13.5 Å². The highest BCUT2D eigenvalue weighted by Gasteiger charge is 2.34. The van der Waals surface area contributed by atoms with Gasteiger partial charge in [0.25, 0.3) is 0 Å². The lowest BCUT2D eigenvalue weighted by Gasteiger charge is -2.36. The molecular formula is C14H19NO3S. The molecule has 0 amide bonds. The number of rotatable bonds is 5. The van der Waals surface area contributed by atoms with E-state index in [1.807, 2.05) is 31.2 Å². The van der Waals surface area contributed by atoms with Crippen molar-refractivity contribution in [3.63, 3.8) is 0 Å². The van der Waals surface area contributed by atoms with E-state index < -0.39 is 15.6 Å². The fourth-order valence-corrected chi connectivity index (χ4v) is 2.79. The maximum absolute atomic E-state index is 11.7. The molecule has 0 aliphatic heterocycles. The molecule has 5 heteroatoms. The molecule has 0 aromatic heterocycles. The molecule has 2 N–H and O–H groups in total. The molecule has 104 valence electrons. The molecule has 0 spiro atoms. The van der Waals surface area contributed by atoms with Gasteiger partial charge in [0.15, 0.2) is 0 Å². The van der Waals surface area contributed by atoms with Crippen LogP contribution in [0.25, 0.3) is 6.08 Å². The Bertz CT molecular complexity index is 557. The molecule has 1 fully saturated rings. The van der Waals surface area contributed by atoms with Crippen molar-refractivity contribution in [2.24, 2.45) is 0 Å². The van der Waals surface area contributed by atoms with Gasteiger partial charge in [-0.15, -0.1) is 0 Å². The third kappa shape index (κ3) is 4.16. The van der Waals surface area contributed by atoms with E-state index in [-0.39, 0.29) is 6.54 Å². The van der Waals surface area contributed by atoms with E-state index in [4.69, 9.17) is 0 Å². The van der Waals surface area contributed by atoms with Gasteiger partial charge in [0, 0.05) is 12.0 Å². The molecule has 1 saturated carbocycles. The number of aliphatic hydroxyl groups is 1. The van der Waals surface area contributed by atoms with Crippen molar-refractivity contribution in [1.29, 1.82) is 0 Å². The Balaban J connectivity index is 1.94. The molecule has 0 atom stereocenters. The number of nitrogens with one attached hydrogen (secondary N) is 1. The van der Waals surface area contributed by atoms with Gasteiger partial charge < -0.3 is 5.11 Å². The third-order valence-corrected chi connectivity index (χ3v) is 4.44. The average molecular weight is 281 g/mol. The summed E-state index contributed by atoms with van der Waals surface area (Å²) in [6, 6.07) is 7.58. The first-order valence-electron chi connectivity index (χ1n) is 6.35. The summed E-state index contributed by atoms with van der Waals surface area (Å²) in [7, 11) is -3.49. The normalized spacial score (nSPS) is 18.4. The van der Waals surface area contributed by atoms with Crippen LogP contribution in [-0.2, 0) is 10.0 Å². The summed E-state index contributed by atoms with van der Waals surface area (Å²) in [5.41, 5.74) is 1.12. The summed E-state index contributed by atoms with van der Waals surface area (Å²) < 4.78 is 25.9. The van der Waals surface area contributed by atoms with Gasteiger partial charge in [0.2, 0.25) is 10.0 Å². The quantitative estimate of drug-likeness (QED) is 0.865. The van der Waals surface area contributed by atoms with Crippen LogP contribution in [0.2, 0.25) is 0 Å². The fourth-order valence-electron chi connectivity index (χ4n) is 1.89. The van der Waals surface area contributed by atoms with Crippen molar-refractivity contribution in [3.8, 4) is 0 Å². The van der Waals surface area contributed by atoms with Gasteiger partial charge >= 0.3 is 0 Å². The van der Waals surface area contributed by atoms with Gasteiger partial charge in [0.05, 0.1) is 5.60 Å². The predicted molar refractivity (Wildman–Crippen MR) is 75.9 cm³/mol. The predicted octanol–water partition coefficient (Wildman–Crippen LogP) is 1.80. The zero-order valence-corrected chi connectivity index (χ0v) is 11.8. The summed E-state index contributed by atoms with van der Waals surface area (Å²) in [6.45, 7) is 2.07. The number of sulfonamides is 1. The monoisotopic (exact) mass is 281 g/mol. The molecule has 0 bridgehead atoms. The fraction of sp³-hybridized carbons (Fsp3) is 0.429. The van der Waals surface area contributed by atoms with Crippen LogP contribution in [0.1, 0.15) is 30.4 Å². The highest BCUT2D eigenvalue weighted by Crippen LogP contribution is 2.30. The van der Waals surface area contributed by atoms with Crippen molar-refractivity contribution in [3.05, 3.63) is 40.8 Å².